The number of carbonyl (C=O) groups is 2. The van der Waals surface area contributed by atoms with Crippen LogP contribution in [0.5, 0.6) is 0 Å². The van der Waals surface area contributed by atoms with E-state index in [1.165, 1.54) is 0 Å². The summed E-state index contributed by atoms with van der Waals surface area (Å²) in [5, 5.41) is 0. The van der Waals surface area contributed by atoms with Crippen molar-refractivity contribution in [1.29, 1.82) is 0 Å². The van der Waals surface area contributed by atoms with Crippen LogP contribution in [0.2, 0.25) is 0 Å². The predicted molar refractivity (Wildman–Crippen MR) is 134 cm³/mol. The molecular formula is C26H12F34O9. The van der Waals surface area contributed by atoms with Crippen LogP contribution < -0.4 is 0 Å². The summed E-state index contributed by atoms with van der Waals surface area (Å²) in [7, 11) is 0. The van der Waals surface area contributed by atoms with Crippen molar-refractivity contribution in [3.05, 3.63) is 0 Å². The zero-order valence-corrected chi connectivity index (χ0v) is 30.8. The van der Waals surface area contributed by atoms with E-state index in [9.17, 15) is 159 Å². The second-order valence-corrected chi connectivity index (χ2v) is 13.3. The first-order chi connectivity index (χ1) is 29.8. The molecule has 2 rings (SSSR count). The van der Waals surface area contributed by atoms with E-state index in [1.54, 1.807) is 0 Å². The molecule has 0 amide bonds. The molecular weight excluding hydrogens is 1100 g/mol. The van der Waals surface area contributed by atoms with E-state index < -0.39 is 159 Å². The van der Waals surface area contributed by atoms with Gasteiger partial charge >= 0.3 is 119 Å². The average molecular weight is 1110 g/mol. The zero-order chi connectivity index (χ0) is 55.3. The lowest BCUT2D eigenvalue weighted by Gasteiger charge is -2.51. The number of hydrogen-bond donors (Lipinski definition) is 0. The van der Waals surface area contributed by atoms with Crippen molar-refractivity contribution in [2.45, 2.75) is 107 Å². The largest absolute Gasteiger partial charge is 0.454 e. The van der Waals surface area contributed by atoms with Gasteiger partial charge in [-0.05, 0) is 0 Å². The highest BCUT2D eigenvalue weighted by Crippen LogP contribution is 2.71. The van der Waals surface area contributed by atoms with Crippen molar-refractivity contribution in [2.24, 2.45) is 0 Å². The molecule has 0 aliphatic heterocycles. The zero-order valence-electron chi connectivity index (χ0n) is 30.8. The molecule has 0 bridgehead atoms. The molecule has 43 heteroatoms. The molecule has 2 aliphatic rings. The summed E-state index contributed by atoms with van der Waals surface area (Å²) < 4.78 is 484. The normalized spacial score (nSPS) is 25.1. The van der Waals surface area contributed by atoms with Crippen molar-refractivity contribution < 1.29 is 192 Å². The predicted octanol–water partition coefficient (Wildman–Crippen LogP) is 9.51. The Morgan fingerprint density at radius 1 is 0.261 bits per heavy atom. The van der Waals surface area contributed by atoms with Crippen LogP contribution in [0, 0.1) is 0 Å². The summed E-state index contributed by atoms with van der Waals surface area (Å²) in [4.78, 5) is 22.9. The third kappa shape index (κ3) is 9.49. The van der Waals surface area contributed by atoms with Crippen LogP contribution in [-0.4, -0.2) is 159 Å². The monoisotopic (exact) mass is 1110 g/mol. The van der Waals surface area contributed by atoms with Gasteiger partial charge in [-0.2, -0.15) is 140 Å². The molecule has 0 aromatic heterocycles. The van der Waals surface area contributed by atoms with Gasteiger partial charge in [0.15, 0.2) is 13.2 Å². The number of esters is 2. The summed E-state index contributed by atoms with van der Waals surface area (Å²) in [6.07, 6.45) is -35.5. The van der Waals surface area contributed by atoms with E-state index in [0.717, 1.165) is 0 Å². The maximum Gasteiger partial charge on any atom is 0.424 e. The molecule has 0 saturated heterocycles. The summed E-state index contributed by atoms with van der Waals surface area (Å²) in [5.41, 5.74) is -15.6. The Morgan fingerprint density at radius 2 is 0.435 bits per heavy atom. The van der Waals surface area contributed by atoms with Gasteiger partial charge < -0.3 is 33.2 Å². The van der Waals surface area contributed by atoms with Gasteiger partial charge in [-0.25, -0.2) is 18.4 Å². The maximum absolute atomic E-state index is 14.5. The molecule has 408 valence electrons. The smallest absolute Gasteiger partial charge is 0.424 e. The Morgan fingerprint density at radius 3 is 0.667 bits per heavy atom. The number of hydrogen-bond acceptors (Lipinski definition) is 9. The Bertz CT molecular complexity index is 1840. The van der Waals surface area contributed by atoms with Crippen molar-refractivity contribution in [2.75, 3.05) is 39.6 Å². The molecule has 9 nitrogen and oxygen atoms in total. The quantitative estimate of drug-likeness (QED) is 0.0873. The standard InChI is InChI=1S/C26H12F34O9/c27-9(28,1-63-7(61)15(39)17(41,42)21(49,50)25(57,58)22(51,52)18(15,43)44)64-2-10(29,30)65-3-11(31,32)66-4-12(33,34)67-5-13(35,36)68-6-14(37,38)69-8(62)16(40)19(45,46)23(53,54)26(59,60)24(55,56)20(16,47)48/h1-6H2. The fraction of sp³-hybridized carbons (Fsp3) is 0.923. The Hall–Kier alpha value is -3.64. The third-order valence-corrected chi connectivity index (χ3v) is 8.32. The van der Waals surface area contributed by atoms with Crippen molar-refractivity contribution in [1.82, 2.24) is 0 Å². The van der Waals surface area contributed by atoms with Crippen LogP contribution in [0.15, 0.2) is 0 Å². The lowest BCUT2D eigenvalue weighted by Crippen LogP contribution is -2.85. The van der Waals surface area contributed by atoms with Crippen molar-refractivity contribution >= 4 is 11.9 Å². The molecule has 0 atom stereocenters. The maximum atomic E-state index is 14.5. The van der Waals surface area contributed by atoms with Crippen LogP contribution in [0.25, 0.3) is 0 Å². The minimum atomic E-state index is -8.15. The molecule has 2 saturated carbocycles. The summed E-state index contributed by atoms with van der Waals surface area (Å²) in [6.45, 7) is -20.4. The highest BCUT2D eigenvalue weighted by Gasteiger charge is 3.05. The summed E-state index contributed by atoms with van der Waals surface area (Å²) in [6, 6.07) is 0. The molecule has 0 spiro atoms. The highest BCUT2D eigenvalue weighted by molar-refractivity contribution is 5.84. The number of alkyl halides is 34. The summed E-state index contributed by atoms with van der Waals surface area (Å²) in [5.74, 6) is -90.0. The van der Waals surface area contributed by atoms with E-state index in [-0.39, 0.29) is 0 Å². The number of halogens is 34. The molecule has 0 aromatic rings. The minimum Gasteiger partial charge on any atom is -0.454 e. The van der Waals surface area contributed by atoms with Gasteiger partial charge in [-0.3, -0.25) is 0 Å². The SMILES string of the molecule is O=C(OCC(F)(F)OCC(F)(F)OCC(F)(F)OCC(F)(F)OCC(F)(F)OCC(F)(F)OC(=O)C1(F)C(F)(F)C(F)(F)C(F)(F)C(F)(F)C1(F)F)C1(F)C(F)(F)C(F)(F)C(F)(F)C(F)(F)C1(F)F. The van der Waals surface area contributed by atoms with E-state index in [2.05, 4.69) is 33.2 Å². The second-order valence-electron chi connectivity index (χ2n) is 13.3. The van der Waals surface area contributed by atoms with Crippen molar-refractivity contribution in [3.63, 3.8) is 0 Å². The molecule has 0 radical (unpaired) electrons. The van der Waals surface area contributed by atoms with Crippen LogP contribution in [0.1, 0.15) is 0 Å². The molecule has 2 aliphatic carbocycles. The van der Waals surface area contributed by atoms with Gasteiger partial charge in [0.1, 0.15) is 26.4 Å². The van der Waals surface area contributed by atoms with Gasteiger partial charge in [0.05, 0.1) is 0 Å². The fourth-order valence-corrected chi connectivity index (χ4v) is 4.60. The first-order valence-electron chi connectivity index (χ1n) is 15.8. The van der Waals surface area contributed by atoms with Crippen molar-refractivity contribution in [3.8, 4) is 0 Å². The lowest BCUT2D eigenvalue weighted by atomic mass is 9.72. The Balaban J connectivity index is 2.01. The first-order valence-corrected chi connectivity index (χ1v) is 15.8. The number of carbonyl (C=O) groups excluding carboxylic acids is 2. The van der Waals surface area contributed by atoms with E-state index in [4.69, 9.17) is 0 Å². The topological polar surface area (TPSA) is 98.8 Å². The Kier molecular flexibility index (Phi) is 15.1. The molecule has 2 fully saturated rings. The molecule has 0 unspecified atom stereocenters. The van der Waals surface area contributed by atoms with Crippen LogP contribution in [0.4, 0.5) is 149 Å². The van der Waals surface area contributed by atoms with Crippen LogP contribution in [0.3, 0.4) is 0 Å². The third-order valence-electron chi connectivity index (χ3n) is 8.32. The molecule has 0 aromatic carbocycles. The summed E-state index contributed by atoms with van der Waals surface area (Å²) >= 11 is 0. The van der Waals surface area contributed by atoms with Crippen LogP contribution >= 0.6 is 0 Å². The number of ether oxygens (including phenoxy) is 7. The fourth-order valence-electron chi connectivity index (χ4n) is 4.60. The number of rotatable bonds is 20. The molecule has 0 heterocycles. The average Bonchev–Trinajstić information content (AvgIpc) is 3.17. The lowest BCUT2D eigenvalue weighted by molar-refractivity contribution is -0.479. The van der Waals surface area contributed by atoms with Gasteiger partial charge in [0.25, 0.3) is 0 Å². The minimum absolute atomic E-state index is 2.16. The van der Waals surface area contributed by atoms with E-state index in [0.29, 0.717) is 0 Å². The van der Waals surface area contributed by atoms with Gasteiger partial charge in [0.2, 0.25) is 0 Å². The molecule has 0 N–H and O–H groups in total. The van der Waals surface area contributed by atoms with Gasteiger partial charge in [-0.1, -0.05) is 0 Å². The van der Waals surface area contributed by atoms with Gasteiger partial charge in [0, 0.05) is 0 Å². The van der Waals surface area contributed by atoms with Gasteiger partial charge in [-0.15, -0.1) is 0 Å². The second kappa shape index (κ2) is 17.0. The molecule has 69 heavy (non-hydrogen) atoms. The van der Waals surface area contributed by atoms with E-state index >= 15 is 0 Å². The Labute approximate surface area is 352 Å². The van der Waals surface area contributed by atoms with Crippen LogP contribution in [-0.2, 0) is 42.7 Å². The van der Waals surface area contributed by atoms with E-state index in [1.807, 2.05) is 0 Å². The first kappa shape index (κ1) is 61.5. The highest BCUT2D eigenvalue weighted by atomic mass is 19.4.